The van der Waals surface area contributed by atoms with Crippen LogP contribution in [0.4, 0.5) is 5.69 Å². The van der Waals surface area contributed by atoms with Crippen LogP contribution in [0.15, 0.2) is 70.6 Å². The molecule has 0 fully saturated rings. The molecule has 0 atom stereocenters. The van der Waals surface area contributed by atoms with E-state index in [-0.39, 0.29) is 5.91 Å². The number of amides is 1. The summed E-state index contributed by atoms with van der Waals surface area (Å²) in [5, 5.41) is 9.51. The molecule has 0 unspecified atom stereocenters. The van der Waals surface area contributed by atoms with Gasteiger partial charge in [0.15, 0.2) is 0 Å². The Morgan fingerprint density at radius 1 is 1.07 bits per heavy atom. The first kappa shape index (κ1) is 17.5. The summed E-state index contributed by atoms with van der Waals surface area (Å²) in [4.78, 5) is 17.9. The number of nitrogens with zero attached hydrogens (tertiary/aromatic N) is 2. The minimum Gasteiger partial charge on any atom is -0.339 e. The van der Waals surface area contributed by atoms with Gasteiger partial charge < -0.3 is 9.84 Å². The fourth-order valence-electron chi connectivity index (χ4n) is 2.59. The van der Waals surface area contributed by atoms with Gasteiger partial charge in [0.1, 0.15) is 0 Å². The number of aromatic nitrogens is 2. The molecular weight excluding hydrogens is 382 g/mol. The van der Waals surface area contributed by atoms with Crippen LogP contribution in [0.3, 0.4) is 0 Å². The van der Waals surface area contributed by atoms with E-state index in [9.17, 15) is 4.79 Å². The quantitative estimate of drug-likeness (QED) is 0.498. The summed E-state index contributed by atoms with van der Waals surface area (Å²) in [6.07, 6.45) is 0.426. The van der Waals surface area contributed by atoms with Crippen LogP contribution in [0.1, 0.15) is 21.8 Å². The number of benzene rings is 2. The number of hydrogen-bond donors (Lipinski definition) is 1. The van der Waals surface area contributed by atoms with Crippen LogP contribution in [0, 0.1) is 0 Å². The number of anilines is 1. The molecule has 0 saturated heterocycles. The third-order valence-electron chi connectivity index (χ3n) is 3.92. The maximum absolute atomic E-state index is 12.5. The lowest BCUT2D eigenvalue weighted by Crippen LogP contribution is -2.13. The number of rotatable bonds is 5. The predicted octanol–water partition coefficient (Wildman–Crippen LogP) is 5.29. The summed E-state index contributed by atoms with van der Waals surface area (Å²) < 4.78 is 5.37. The van der Waals surface area contributed by atoms with E-state index in [1.807, 2.05) is 41.8 Å². The van der Waals surface area contributed by atoms with Crippen molar-refractivity contribution in [3.8, 4) is 10.7 Å². The van der Waals surface area contributed by atoms with E-state index in [2.05, 4.69) is 15.5 Å². The topological polar surface area (TPSA) is 68.0 Å². The van der Waals surface area contributed by atoms with Crippen LogP contribution in [-0.4, -0.2) is 16.0 Å². The van der Waals surface area contributed by atoms with Gasteiger partial charge in [-0.3, -0.25) is 4.79 Å². The van der Waals surface area contributed by atoms with Crippen molar-refractivity contribution in [2.75, 3.05) is 5.32 Å². The van der Waals surface area contributed by atoms with Crippen LogP contribution in [0.2, 0.25) is 5.02 Å². The molecule has 2 heterocycles. The zero-order valence-corrected chi connectivity index (χ0v) is 15.6. The summed E-state index contributed by atoms with van der Waals surface area (Å²) in [5.41, 5.74) is 2.13. The lowest BCUT2D eigenvalue weighted by atomic mass is 10.1. The normalized spacial score (nSPS) is 10.7. The van der Waals surface area contributed by atoms with Crippen molar-refractivity contribution in [1.82, 2.24) is 10.1 Å². The van der Waals surface area contributed by atoms with Crippen molar-refractivity contribution in [2.45, 2.75) is 6.42 Å². The molecule has 27 heavy (non-hydrogen) atoms. The third kappa shape index (κ3) is 4.07. The van der Waals surface area contributed by atoms with E-state index in [0.29, 0.717) is 34.4 Å². The Kier molecular flexibility index (Phi) is 5.00. The van der Waals surface area contributed by atoms with Gasteiger partial charge in [0, 0.05) is 16.3 Å². The number of thiophene rings is 1. The summed E-state index contributed by atoms with van der Waals surface area (Å²) in [5.74, 6) is 0.859. The van der Waals surface area contributed by atoms with Crippen molar-refractivity contribution in [2.24, 2.45) is 0 Å². The fourth-order valence-corrected chi connectivity index (χ4v) is 3.36. The summed E-state index contributed by atoms with van der Waals surface area (Å²) in [7, 11) is 0. The molecule has 5 nitrogen and oxygen atoms in total. The Bertz CT molecular complexity index is 1060. The maximum Gasteiger partial charge on any atom is 0.255 e. The monoisotopic (exact) mass is 395 g/mol. The molecule has 1 N–H and O–H groups in total. The zero-order valence-electron chi connectivity index (χ0n) is 14.1. The van der Waals surface area contributed by atoms with Crippen LogP contribution >= 0.6 is 22.9 Å². The van der Waals surface area contributed by atoms with E-state index < -0.39 is 0 Å². The molecule has 0 aliphatic carbocycles. The minimum atomic E-state index is -0.205. The molecule has 0 bridgehead atoms. The van der Waals surface area contributed by atoms with Gasteiger partial charge in [-0.2, -0.15) is 4.98 Å². The van der Waals surface area contributed by atoms with E-state index in [1.165, 1.54) is 0 Å². The second kappa shape index (κ2) is 7.73. The second-order valence-electron chi connectivity index (χ2n) is 5.78. The summed E-state index contributed by atoms with van der Waals surface area (Å²) in [6.45, 7) is 0. The second-order valence-corrected chi connectivity index (χ2v) is 7.17. The maximum atomic E-state index is 12.5. The van der Waals surface area contributed by atoms with Crippen molar-refractivity contribution in [3.63, 3.8) is 0 Å². The molecule has 0 aliphatic rings. The highest BCUT2D eigenvalue weighted by molar-refractivity contribution is 7.13. The van der Waals surface area contributed by atoms with Gasteiger partial charge in [-0.1, -0.05) is 41.0 Å². The molecule has 0 radical (unpaired) electrons. The number of hydrogen-bond acceptors (Lipinski definition) is 5. The zero-order chi connectivity index (χ0) is 18.6. The fraction of sp³-hybridized carbons (Fsp3) is 0.0500. The molecule has 0 spiro atoms. The van der Waals surface area contributed by atoms with Gasteiger partial charge >= 0.3 is 0 Å². The number of para-hydroxylation sites is 1. The first-order valence-corrected chi connectivity index (χ1v) is 9.46. The molecule has 0 saturated carbocycles. The van der Waals surface area contributed by atoms with E-state index in [0.717, 1.165) is 10.4 Å². The standard InChI is InChI=1S/C20H14ClN3O2S/c21-15-9-7-13(8-10-15)20(25)22-16-5-2-1-4-14(16)12-18-23-19(24-26-18)17-6-3-11-27-17/h1-11H,12H2,(H,22,25). The van der Waals surface area contributed by atoms with Gasteiger partial charge in [0.25, 0.3) is 5.91 Å². The Morgan fingerprint density at radius 3 is 2.67 bits per heavy atom. The first-order valence-electron chi connectivity index (χ1n) is 8.20. The minimum absolute atomic E-state index is 0.205. The Morgan fingerprint density at radius 2 is 1.89 bits per heavy atom. The van der Waals surface area contributed by atoms with Crippen LogP contribution in [0.5, 0.6) is 0 Å². The van der Waals surface area contributed by atoms with Crippen LogP contribution in [0.25, 0.3) is 10.7 Å². The lowest BCUT2D eigenvalue weighted by Gasteiger charge is -2.10. The van der Waals surface area contributed by atoms with Crippen molar-refractivity contribution >= 4 is 34.5 Å². The molecule has 2 aromatic carbocycles. The smallest absolute Gasteiger partial charge is 0.255 e. The van der Waals surface area contributed by atoms with Gasteiger partial charge in [-0.05, 0) is 47.3 Å². The third-order valence-corrected chi connectivity index (χ3v) is 5.04. The Hall–Kier alpha value is -2.96. The average Bonchev–Trinajstić information content (AvgIpc) is 3.35. The van der Waals surface area contributed by atoms with Gasteiger partial charge in [-0.25, -0.2) is 0 Å². The predicted molar refractivity (Wildman–Crippen MR) is 106 cm³/mol. The van der Waals surface area contributed by atoms with E-state index in [4.69, 9.17) is 16.1 Å². The lowest BCUT2D eigenvalue weighted by molar-refractivity contribution is 0.102. The Labute approximate surface area is 164 Å². The number of carbonyl (C=O) groups is 1. The van der Waals surface area contributed by atoms with Crippen LogP contribution < -0.4 is 5.32 Å². The van der Waals surface area contributed by atoms with Crippen molar-refractivity contribution in [1.29, 1.82) is 0 Å². The van der Waals surface area contributed by atoms with Crippen molar-refractivity contribution in [3.05, 3.63) is 88.1 Å². The average molecular weight is 396 g/mol. The molecule has 2 aromatic heterocycles. The first-order chi connectivity index (χ1) is 13.2. The highest BCUT2D eigenvalue weighted by Gasteiger charge is 2.14. The largest absolute Gasteiger partial charge is 0.339 e. The SMILES string of the molecule is O=C(Nc1ccccc1Cc1nc(-c2cccs2)no1)c1ccc(Cl)cc1. The van der Waals surface area contributed by atoms with Gasteiger partial charge in [0.05, 0.1) is 11.3 Å². The molecule has 0 aliphatic heterocycles. The highest BCUT2D eigenvalue weighted by Crippen LogP contribution is 2.24. The van der Waals surface area contributed by atoms with Gasteiger partial charge in [0.2, 0.25) is 11.7 Å². The van der Waals surface area contributed by atoms with Crippen molar-refractivity contribution < 1.29 is 9.32 Å². The summed E-state index contributed by atoms with van der Waals surface area (Å²) in [6, 6.07) is 18.2. The Balaban J connectivity index is 1.53. The van der Waals surface area contributed by atoms with E-state index >= 15 is 0 Å². The molecule has 4 rings (SSSR count). The highest BCUT2D eigenvalue weighted by atomic mass is 35.5. The van der Waals surface area contributed by atoms with E-state index in [1.54, 1.807) is 35.6 Å². The number of carbonyl (C=O) groups excluding carboxylic acids is 1. The summed E-state index contributed by atoms with van der Waals surface area (Å²) >= 11 is 7.43. The molecule has 7 heteroatoms. The molecule has 4 aromatic rings. The van der Waals surface area contributed by atoms with Crippen LogP contribution in [-0.2, 0) is 6.42 Å². The molecular formula is C20H14ClN3O2S. The van der Waals surface area contributed by atoms with Gasteiger partial charge in [-0.15, -0.1) is 11.3 Å². The number of nitrogens with one attached hydrogen (secondary N) is 1. The molecule has 134 valence electrons. The molecule has 1 amide bonds. The number of halogens is 1.